The zero-order valence-electron chi connectivity index (χ0n) is 14.1. The van der Waals surface area contributed by atoms with Crippen molar-refractivity contribution < 1.29 is 0 Å². The van der Waals surface area contributed by atoms with E-state index in [1.807, 2.05) is 45.6 Å². The van der Waals surface area contributed by atoms with Crippen molar-refractivity contribution in [2.24, 2.45) is 0 Å². The Morgan fingerprint density at radius 3 is 0.652 bits per heavy atom. The summed E-state index contributed by atoms with van der Waals surface area (Å²) in [6, 6.07) is 0. The van der Waals surface area contributed by atoms with Crippen LogP contribution >= 0.6 is 0 Å². The van der Waals surface area contributed by atoms with Crippen molar-refractivity contribution in [3.05, 3.63) is 121 Å². The lowest BCUT2D eigenvalue weighted by Gasteiger charge is -2.22. The standard InChI is InChI=1S/C20H28Si3/c1-9-21(10-2,11-3)17-19-23(15-7,16-8)20-18-22(12-4,13-5)14-6/h9-20H,1-8H2. The van der Waals surface area contributed by atoms with Gasteiger partial charge >= 0.3 is 0 Å². The molecule has 0 bridgehead atoms. The molecule has 0 aromatic rings. The van der Waals surface area contributed by atoms with E-state index in [9.17, 15) is 0 Å². The molecule has 0 aliphatic carbocycles. The molecule has 0 atom stereocenters. The van der Waals surface area contributed by atoms with Gasteiger partial charge in [0.15, 0.2) is 0 Å². The van der Waals surface area contributed by atoms with Crippen LogP contribution in [0.1, 0.15) is 0 Å². The van der Waals surface area contributed by atoms with Gasteiger partial charge in [-0.15, -0.1) is 52.6 Å². The summed E-state index contributed by atoms with van der Waals surface area (Å²) in [5, 5.41) is 0. The molecule has 0 aromatic heterocycles. The van der Waals surface area contributed by atoms with Gasteiger partial charge in [-0.3, -0.25) is 0 Å². The van der Waals surface area contributed by atoms with Gasteiger partial charge in [-0.25, -0.2) is 0 Å². The largest absolute Gasteiger partial charge is 0.148 e. The van der Waals surface area contributed by atoms with Crippen molar-refractivity contribution in [1.82, 2.24) is 0 Å². The van der Waals surface area contributed by atoms with E-state index in [1.54, 1.807) is 0 Å². The predicted octanol–water partition coefficient (Wildman–Crippen LogP) is 5.40. The van der Waals surface area contributed by atoms with Crippen LogP contribution in [0.3, 0.4) is 0 Å². The van der Waals surface area contributed by atoms with Crippen LogP contribution in [0.2, 0.25) is 0 Å². The molecule has 120 valence electrons. The van der Waals surface area contributed by atoms with Crippen LogP contribution in [0, 0.1) is 0 Å². The van der Waals surface area contributed by atoms with Gasteiger partial charge in [0.2, 0.25) is 0 Å². The number of hydrogen-bond donors (Lipinski definition) is 0. The summed E-state index contributed by atoms with van der Waals surface area (Å²) in [5.41, 5.74) is 24.5. The molecule has 0 radical (unpaired) electrons. The maximum atomic E-state index is 4.02. The second-order valence-electron chi connectivity index (χ2n) is 5.30. The van der Waals surface area contributed by atoms with E-state index in [1.165, 1.54) is 0 Å². The van der Waals surface area contributed by atoms with E-state index in [-0.39, 0.29) is 0 Å². The third kappa shape index (κ3) is 5.03. The first-order valence-corrected chi connectivity index (χ1v) is 14.3. The Bertz CT molecular complexity index is 480. The summed E-state index contributed by atoms with van der Waals surface area (Å²) in [5.74, 6) is 0. The summed E-state index contributed by atoms with van der Waals surface area (Å²) in [7, 11) is -6.10. The molecule has 3 heteroatoms. The van der Waals surface area contributed by atoms with Crippen LogP contribution < -0.4 is 0 Å². The van der Waals surface area contributed by atoms with Crippen molar-refractivity contribution in [2.75, 3.05) is 0 Å². The molecule has 0 rings (SSSR count). The van der Waals surface area contributed by atoms with Crippen molar-refractivity contribution in [1.29, 1.82) is 0 Å². The van der Waals surface area contributed by atoms with Gasteiger partial charge in [-0.1, -0.05) is 68.4 Å². The normalized spacial score (nSPS) is 12.5. The SMILES string of the molecule is C=C[Si](C=C)(C=C)C=C[Si](C=C)(C=C)C=C[Si](C=C)(C=C)C=C. The molecule has 0 amide bonds. The Balaban J connectivity index is 5.96. The summed E-state index contributed by atoms with van der Waals surface area (Å²) >= 11 is 0. The van der Waals surface area contributed by atoms with E-state index in [0.29, 0.717) is 0 Å². The monoisotopic (exact) mass is 352 g/mol. The topological polar surface area (TPSA) is 0 Å². The highest BCUT2D eigenvalue weighted by molar-refractivity contribution is 7.03. The van der Waals surface area contributed by atoms with Gasteiger partial charge in [0, 0.05) is 0 Å². The van der Waals surface area contributed by atoms with E-state index < -0.39 is 24.2 Å². The fraction of sp³-hybridized carbons (Fsp3) is 0. The minimum atomic E-state index is -2.11. The zero-order valence-corrected chi connectivity index (χ0v) is 17.1. The first-order chi connectivity index (χ1) is 10.9. The van der Waals surface area contributed by atoms with Gasteiger partial charge in [-0.2, -0.15) is 0 Å². The van der Waals surface area contributed by atoms with E-state index in [4.69, 9.17) is 0 Å². The molecule has 0 fully saturated rings. The number of rotatable bonds is 12. The van der Waals surface area contributed by atoms with Crippen molar-refractivity contribution in [3.8, 4) is 0 Å². The quantitative estimate of drug-likeness (QED) is 0.412. The zero-order chi connectivity index (χ0) is 18.0. The lowest BCUT2D eigenvalue weighted by Crippen LogP contribution is -2.32. The predicted molar refractivity (Wildman–Crippen MR) is 117 cm³/mol. The molecule has 0 N–H and O–H groups in total. The summed E-state index contributed by atoms with van der Waals surface area (Å²) in [6.45, 7) is 31.6. The lowest BCUT2D eigenvalue weighted by molar-refractivity contribution is 1.97. The van der Waals surface area contributed by atoms with Crippen LogP contribution in [0.5, 0.6) is 0 Å². The molecule has 0 nitrogen and oxygen atoms in total. The first-order valence-electron chi connectivity index (χ1n) is 7.40. The molecule has 0 aliphatic heterocycles. The first kappa shape index (κ1) is 21.1. The van der Waals surface area contributed by atoms with Gasteiger partial charge in [-0.05, 0) is 0 Å². The molecule has 0 heterocycles. The molecule has 0 saturated carbocycles. The summed E-state index contributed by atoms with van der Waals surface area (Å²) in [6.07, 6.45) is 0. The Morgan fingerprint density at radius 2 is 0.478 bits per heavy atom. The molecule has 0 aromatic carbocycles. The number of hydrogen-bond acceptors (Lipinski definition) is 0. The van der Waals surface area contributed by atoms with E-state index >= 15 is 0 Å². The Hall–Kier alpha value is -1.95. The van der Waals surface area contributed by atoms with Crippen LogP contribution in [0.4, 0.5) is 0 Å². The second kappa shape index (κ2) is 9.25. The van der Waals surface area contributed by atoms with E-state index in [0.717, 1.165) is 0 Å². The third-order valence-corrected chi connectivity index (χ3v) is 13.4. The maximum absolute atomic E-state index is 4.02. The Labute approximate surface area is 145 Å². The highest BCUT2D eigenvalue weighted by atomic mass is 28.3. The Kier molecular flexibility index (Phi) is 8.46. The highest BCUT2D eigenvalue weighted by Crippen LogP contribution is 2.18. The van der Waals surface area contributed by atoms with Crippen LogP contribution in [0.25, 0.3) is 0 Å². The van der Waals surface area contributed by atoms with Gasteiger partial charge < -0.3 is 0 Å². The van der Waals surface area contributed by atoms with E-state index in [2.05, 4.69) is 75.4 Å². The summed E-state index contributed by atoms with van der Waals surface area (Å²) < 4.78 is 0. The molecule has 0 unspecified atom stereocenters. The van der Waals surface area contributed by atoms with Crippen LogP contribution in [-0.2, 0) is 0 Å². The molecular weight excluding hydrogens is 324 g/mol. The van der Waals surface area contributed by atoms with Crippen molar-refractivity contribution in [2.45, 2.75) is 0 Å². The average molecular weight is 353 g/mol. The summed E-state index contributed by atoms with van der Waals surface area (Å²) in [4.78, 5) is 0. The van der Waals surface area contributed by atoms with Crippen LogP contribution in [0.15, 0.2) is 121 Å². The molecule has 0 aliphatic rings. The van der Waals surface area contributed by atoms with Gasteiger partial charge in [0.1, 0.15) is 24.2 Å². The molecule has 0 spiro atoms. The maximum Gasteiger partial charge on any atom is 0.148 e. The highest BCUT2D eigenvalue weighted by Gasteiger charge is 2.25. The van der Waals surface area contributed by atoms with Gasteiger partial charge in [0.05, 0.1) is 0 Å². The fourth-order valence-corrected chi connectivity index (χ4v) is 9.15. The van der Waals surface area contributed by atoms with Crippen molar-refractivity contribution >= 4 is 24.2 Å². The second-order valence-corrected chi connectivity index (χ2v) is 15.9. The third-order valence-electron chi connectivity index (χ3n) is 4.15. The minimum Gasteiger partial charge on any atom is -0.106 e. The fourth-order valence-electron chi connectivity index (χ4n) is 1.90. The van der Waals surface area contributed by atoms with Crippen molar-refractivity contribution in [3.63, 3.8) is 0 Å². The Morgan fingerprint density at radius 1 is 0.304 bits per heavy atom. The van der Waals surface area contributed by atoms with Crippen LogP contribution in [-0.4, -0.2) is 24.2 Å². The smallest absolute Gasteiger partial charge is 0.106 e. The molecule has 23 heavy (non-hydrogen) atoms. The molecule has 0 saturated heterocycles. The molecular formula is C20H28Si3. The van der Waals surface area contributed by atoms with Gasteiger partial charge in [0.25, 0.3) is 0 Å². The lowest BCUT2D eigenvalue weighted by atomic mass is 11.1. The minimum absolute atomic E-state index is 1.95. The average Bonchev–Trinajstić information content (AvgIpc) is 2.63.